The highest BCUT2D eigenvalue weighted by Gasteiger charge is 2.24. The topological polar surface area (TPSA) is 115 Å². The minimum absolute atomic E-state index is 0.881. The lowest BCUT2D eigenvalue weighted by Gasteiger charge is -2.12. The Morgan fingerprint density at radius 3 is 0.703 bits per heavy atom. The normalized spacial score (nSPS) is 15.3. The van der Waals surface area contributed by atoms with Gasteiger partial charge in [0.05, 0.1) is 45.6 Å². The summed E-state index contributed by atoms with van der Waals surface area (Å²) in [6, 6.07) is 18.1. The number of aromatic nitrogens is 8. The van der Waals surface area contributed by atoms with Crippen LogP contribution in [-0.2, 0) is 25.7 Å². The quantitative estimate of drug-likeness (QED) is 0.122. The van der Waals surface area contributed by atoms with E-state index in [0.717, 1.165) is 115 Å². The Kier molecular flexibility index (Phi) is 8.98. The Bertz CT molecular complexity index is 3380. The largest absolute Gasteiger partial charge is 0.355 e. The van der Waals surface area contributed by atoms with Crippen molar-refractivity contribution in [1.82, 2.24) is 39.9 Å². The van der Waals surface area contributed by atoms with Crippen molar-refractivity contribution in [1.29, 1.82) is 0 Å². The van der Waals surface area contributed by atoms with E-state index in [1.165, 1.54) is 89.1 Å². The first kappa shape index (κ1) is 40.0. The molecule has 0 spiro atoms. The van der Waals surface area contributed by atoms with Gasteiger partial charge in [0.1, 0.15) is 0 Å². The number of hydrogen-bond donors (Lipinski definition) is 4. The number of nitrogens with one attached hydrogen (secondary N) is 4. The summed E-state index contributed by atoms with van der Waals surface area (Å²) in [4.78, 5) is 36.5. The summed E-state index contributed by atoms with van der Waals surface area (Å²) in [5.41, 5.74) is 36.9. The zero-order valence-electron chi connectivity index (χ0n) is 39.2. The van der Waals surface area contributed by atoms with Crippen molar-refractivity contribution in [3.63, 3.8) is 0 Å². The minimum Gasteiger partial charge on any atom is -0.355 e. The van der Waals surface area contributed by atoms with Crippen LogP contribution < -0.4 is 0 Å². The molecule has 320 valence electrons. The highest BCUT2D eigenvalue weighted by Crippen LogP contribution is 2.39. The first-order chi connectivity index (χ1) is 30.6. The van der Waals surface area contributed by atoms with Crippen LogP contribution in [0.4, 0.5) is 0 Å². The number of allylic oxidation sites excluding steroid dienone is 8. The number of aromatic amines is 4. The molecule has 4 aliphatic heterocycles. The van der Waals surface area contributed by atoms with E-state index in [1.54, 1.807) is 0 Å². The van der Waals surface area contributed by atoms with Crippen molar-refractivity contribution in [3.05, 3.63) is 139 Å². The zero-order valence-corrected chi connectivity index (χ0v) is 39.2. The molecule has 5 aliphatic rings. The molecule has 6 aromatic rings. The number of aryl methyl sites for hydroxylation is 8. The fourth-order valence-electron chi connectivity index (χ4n) is 10.4. The van der Waals surface area contributed by atoms with Gasteiger partial charge >= 0.3 is 0 Å². The van der Waals surface area contributed by atoms with Gasteiger partial charge in [0, 0.05) is 44.1 Å². The molecule has 8 heteroatoms. The zero-order chi connectivity index (χ0) is 44.6. The molecule has 11 rings (SSSR count). The van der Waals surface area contributed by atoms with E-state index in [-0.39, 0.29) is 0 Å². The standard InChI is InChI=1S/C56H56N8/c1-25-26(2)42-18-46-30(6)34(10)50(60-46)22-54-38-15-16-40-39(14-13-37(38)53(63-54)21-49-33(9)29(5)45(59-49)17-41(25)57-42)55-23-51-35(11)31(7)47(61-51)19-43-27(3)28(4)44(58-43)20-48-32(8)36(12)52(62-48)24-56(40)64-55/h17-24,59,62-64H,13-16H2,1-12H3. The van der Waals surface area contributed by atoms with Crippen molar-refractivity contribution < 1.29 is 0 Å². The van der Waals surface area contributed by atoms with E-state index in [9.17, 15) is 0 Å². The highest BCUT2D eigenvalue weighted by atomic mass is 14.8. The lowest BCUT2D eigenvalue weighted by atomic mass is 9.90. The summed E-state index contributed by atoms with van der Waals surface area (Å²) in [5, 5.41) is 0. The van der Waals surface area contributed by atoms with E-state index in [2.05, 4.69) is 152 Å². The smallest absolute Gasteiger partial charge is 0.0691 e. The summed E-state index contributed by atoms with van der Waals surface area (Å²) < 4.78 is 0. The Hall–Kier alpha value is -6.80. The van der Waals surface area contributed by atoms with Gasteiger partial charge in [0.25, 0.3) is 0 Å². The summed E-state index contributed by atoms with van der Waals surface area (Å²) in [6.07, 6.45) is 3.52. The van der Waals surface area contributed by atoms with Crippen LogP contribution in [0.15, 0.2) is 48.5 Å². The van der Waals surface area contributed by atoms with Crippen molar-refractivity contribution >= 4 is 88.7 Å². The van der Waals surface area contributed by atoms with Crippen LogP contribution >= 0.6 is 0 Å². The van der Waals surface area contributed by atoms with Crippen molar-refractivity contribution in [2.24, 2.45) is 0 Å². The second-order valence-electron chi connectivity index (χ2n) is 18.9. The van der Waals surface area contributed by atoms with Gasteiger partial charge in [-0.25, -0.2) is 19.9 Å². The number of fused-ring (bicyclic) bond motifs is 22. The lowest BCUT2D eigenvalue weighted by Crippen LogP contribution is -2.04. The predicted molar refractivity (Wildman–Crippen MR) is 268 cm³/mol. The first-order valence-corrected chi connectivity index (χ1v) is 22.8. The molecule has 10 heterocycles. The maximum atomic E-state index is 5.29. The Labute approximate surface area is 374 Å². The molecule has 0 radical (unpaired) electrons. The van der Waals surface area contributed by atoms with Gasteiger partial charge in [-0.3, -0.25) is 0 Å². The minimum atomic E-state index is 0.881. The SMILES string of the molecule is CC1=C(C)c2cc3[nH]c(cc4[nH]c(cc5nc(cc1n2)C(C)=C5C)c1c4CCc2c(c4cc5[nH]c(cc6nc(cc7nc(cc2[nH]4)C(C)=C7C)C(C)=C6C)c(C)c5C)CC1)c(C)c3C. The van der Waals surface area contributed by atoms with Crippen molar-refractivity contribution in [2.45, 2.75) is 109 Å². The van der Waals surface area contributed by atoms with E-state index >= 15 is 0 Å². The maximum absolute atomic E-state index is 5.29. The van der Waals surface area contributed by atoms with Crippen LogP contribution in [0.5, 0.6) is 0 Å². The summed E-state index contributed by atoms with van der Waals surface area (Å²) in [5.74, 6) is 0. The van der Waals surface area contributed by atoms with E-state index in [4.69, 9.17) is 19.9 Å². The second kappa shape index (κ2) is 14.4. The van der Waals surface area contributed by atoms with Crippen LogP contribution in [0.3, 0.4) is 0 Å². The van der Waals surface area contributed by atoms with Crippen molar-refractivity contribution in [3.8, 4) is 0 Å². The van der Waals surface area contributed by atoms with E-state index in [1.807, 2.05) is 0 Å². The lowest BCUT2D eigenvalue weighted by molar-refractivity contribution is 0.869. The summed E-state index contributed by atoms with van der Waals surface area (Å²) in [6.45, 7) is 26.4. The molecule has 0 unspecified atom stereocenters. The third-order valence-electron chi connectivity index (χ3n) is 15.6. The average Bonchev–Trinajstić information content (AvgIpc) is 4.11. The van der Waals surface area contributed by atoms with Crippen LogP contribution in [0.25, 0.3) is 88.7 Å². The van der Waals surface area contributed by atoms with Gasteiger partial charge in [-0.1, -0.05) is 0 Å². The third kappa shape index (κ3) is 6.09. The molecule has 0 aromatic carbocycles. The Morgan fingerprint density at radius 1 is 0.250 bits per heavy atom. The number of nitrogens with zero attached hydrogens (tertiary/aromatic N) is 4. The van der Waals surface area contributed by atoms with Gasteiger partial charge in [0.2, 0.25) is 0 Å². The second-order valence-corrected chi connectivity index (χ2v) is 18.9. The molecule has 8 nitrogen and oxygen atoms in total. The van der Waals surface area contributed by atoms with Gasteiger partial charge in [0.15, 0.2) is 0 Å². The van der Waals surface area contributed by atoms with Crippen LogP contribution in [-0.4, -0.2) is 39.9 Å². The van der Waals surface area contributed by atoms with Gasteiger partial charge in [-0.2, -0.15) is 0 Å². The molecular formula is C56H56N8. The number of H-pyrrole nitrogens is 4. The molecule has 0 atom stereocenters. The highest BCUT2D eigenvalue weighted by molar-refractivity contribution is 5.96. The molecule has 6 aromatic heterocycles. The van der Waals surface area contributed by atoms with E-state index in [0.29, 0.717) is 0 Å². The molecule has 4 N–H and O–H groups in total. The third-order valence-corrected chi connectivity index (χ3v) is 15.6. The van der Waals surface area contributed by atoms with Gasteiger partial charge < -0.3 is 19.9 Å². The predicted octanol–water partition coefficient (Wildman–Crippen LogP) is 13.9. The molecule has 0 saturated heterocycles. The van der Waals surface area contributed by atoms with Crippen molar-refractivity contribution in [2.75, 3.05) is 0 Å². The van der Waals surface area contributed by atoms with Gasteiger partial charge in [-0.15, -0.1) is 0 Å². The molecule has 0 amide bonds. The summed E-state index contributed by atoms with van der Waals surface area (Å²) >= 11 is 0. The summed E-state index contributed by atoms with van der Waals surface area (Å²) in [7, 11) is 0. The Balaban J connectivity index is 1.17. The Morgan fingerprint density at radius 2 is 0.438 bits per heavy atom. The van der Waals surface area contributed by atoms with E-state index < -0.39 is 0 Å². The molecule has 0 fully saturated rings. The number of rotatable bonds is 0. The molecular weight excluding hydrogens is 785 g/mol. The molecule has 64 heavy (non-hydrogen) atoms. The fraction of sp³-hybridized carbons (Fsp3) is 0.286. The van der Waals surface area contributed by atoms with Gasteiger partial charge in [-0.05, 0) is 246 Å². The number of hydrogen-bond acceptors (Lipinski definition) is 4. The molecule has 1 aliphatic carbocycles. The monoisotopic (exact) mass is 840 g/mol. The van der Waals surface area contributed by atoms with Crippen LogP contribution in [0, 0.1) is 27.7 Å². The van der Waals surface area contributed by atoms with Crippen LogP contribution in [0.1, 0.15) is 145 Å². The van der Waals surface area contributed by atoms with Crippen LogP contribution in [0.2, 0.25) is 0 Å². The molecule has 0 saturated carbocycles. The molecule has 16 bridgehead atoms. The fourth-order valence-corrected chi connectivity index (χ4v) is 10.4. The maximum Gasteiger partial charge on any atom is 0.0691 e. The first-order valence-electron chi connectivity index (χ1n) is 22.8. The average molecular weight is 841 g/mol.